The third-order valence-electron chi connectivity index (χ3n) is 4.53. The molecule has 5 N–H and O–H groups in total. The number of carbonyl (C=O) groups excluding carboxylic acids is 1. The number of nitrogens with zero attached hydrogens (tertiary/aromatic N) is 1. The normalized spacial score (nSPS) is 16.4. The maximum Gasteiger partial charge on any atom is 0.409 e. The molecule has 0 saturated heterocycles. The first-order valence-electron chi connectivity index (χ1n) is 8.49. The van der Waals surface area contributed by atoms with Crippen LogP contribution in [-0.2, 0) is 6.42 Å². The number of pyridine rings is 1. The molecule has 3 heterocycles. The zero-order valence-corrected chi connectivity index (χ0v) is 14.5. The number of hydrogen-bond donors (Lipinski definition) is 4. The summed E-state index contributed by atoms with van der Waals surface area (Å²) in [4.78, 5) is 19.5. The van der Waals surface area contributed by atoms with Crippen molar-refractivity contribution in [3.63, 3.8) is 0 Å². The zero-order valence-electron chi connectivity index (χ0n) is 14.5. The Morgan fingerprint density at radius 1 is 1.18 bits per heavy atom. The number of nitrogen functional groups attached to an aromatic ring is 1. The summed E-state index contributed by atoms with van der Waals surface area (Å²) in [6.07, 6.45) is -3.42. The number of carbonyl (C=O) groups is 1. The molecule has 1 aliphatic rings. The summed E-state index contributed by atoms with van der Waals surface area (Å²) in [5.74, 6) is -0.528. The Kier molecular flexibility index (Phi) is 4.21. The third kappa shape index (κ3) is 3.26. The highest BCUT2D eigenvalue weighted by atomic mass is 19.4. The molecule has 28 heavy (non-hydrogen) atoms. The Morgan fingerprint density at radius 2 is 1.93 bits per heavy atom. The van der Waals surface area contributed by atoms with Crippen LogP contribution in [0, 0.1) is 0 Å². The van der Waals surface area contributed by atoms with Gasteiger partial charge in [-0.25, -0.2) is 4.98 Å². The van der Waals surface area contributed by atoms with Crippen LogP contribution in [0.15, 0.2) is 48.7 Å². The number of rotatable bonds is 3. The topological polar surface area (TPSA) is 95.8 Å². The number of para-hydroxylation sites is 1. The Balaban J connectivity index is 1.85. The lowest BCUT2D eigenvalue weighted by Crippen LogP contribution is -2.50. The van der Waals surface area contributed by atoms with Gasteiger partial charge in [-0.1, -0.05) is 18.2 Å². The fourth-order valence-corrected chi connectivity index (χ4v) is 3.25. The molecule has 1 atom stereocenters. The van der Waals surface area contributed by atoms with Crippen molar-refractivity contribution in [3.8, 4) is 11.3 Å². The van der Waals surface area contributed by atoms with Gasteiger partial charge >= 0.3 is 6.18 Å². The van der Waals surface area contributed by atoms with E-state index in [1.54, 1.807) is 24.3 Å². The average molecular weight is 387 g/mol. The van der Waals surface area contributed by atoms with Gasteiger partial charge in [-0.05, 0) is 24.3 Å². The van der Waals surface area contributed by atoms with Gasteiger partial charge in [-0.2, -0.15) is 13.2 Å². The number of nitrogens with two attached hydrogens (primary N) is 1. The summed E-state index contributed by atoms with van der Waals surface area (Å²) in [7, 11) is 0. The van der Waals surface area contributed by atoms with E-state index < -0.39 is 18.1 Å². The van der Waals surface area contributed by atoms with Gasteiger partial charge < -0.3 is 21.4 Å². The van der Waals surface area contributed by atoms with Crippen LogP contribution < -0.4 is 16.4 Å². The first-order chi connectivity index (χ1) is 13.3. The molecule has 0 aliphatic carbocycles. The number of anilines is 3. The largest absolute Gasteiger partial charge is 0.409 e. The fourth-order valence-electron chi connectivity index (χ4n) is 3.25. The minimum atomic E-state index is -4.53. The number of hydrogen-bond acceptors (Lipinski definition) is 4. The molecular formula is C19H16F3N5O. The second kappa shape index (κ2) is 6.59. The molecule has 1 unspecified atom stereocenters. The van der Waals surface area contributed by atoms with E-state index in [1.807, 2.05) is 18.2 Å². The van der Waals surface area contributed by atoms with Crippen LogP contribution in [0.25, 0.3) is 11.3 Å². The Morgan fingerprint density at radius 3 is 2.61 bits per heavy atom. The molecule has 144 valence electrons. The maximum atomic E-state index is 13.2. The second-order valence-corrected chi connectivity index (χ2v) is 6.46. The van der Waals surface area contributed by atoms with Crippen molar-refractivity contribution in [2.75, 3.05) is 11.1 Å². The number of fused-ring (bicyclic) bond motifs is 1. The Hall–Kier alpha value is -3.49. The predicted molar refractivity (Wildman–Crippen MR) is 99.2 cm³/mol. The van der Waals surface area contributed by atoms with Gasteiger partial charge in [-0.15, -0.1) is 0 Å². The molecule has 0 bridgehead atoms. The van der Waals surface area contributed by atoms with Crippen molar-refractivity contribution in [1.82, 2.24) is 15.3 Å². The molecule has 0 saturated carbocycles. The summed E-state index contributed by atoms with van der Waals surface area (Å²) in [6, 6.07) is 10.4. The molecule has 9 heteroatoms. The first-order valence-corrected chi connectivity index (χ1v) is 8.49. The van der Waals surface area contributed by atoms with Gasteiger partial charge in [0.1, 0.15) is 11.9 Å². The SMILES string of the molecule is Nc1cc(-c2[nH]c3c(c2Nc2ccccc2)C(=O)NC(C(F)(F)F)C3)ccn1. The molecule has 2 aromatic heterocycles. The van der Waals surface area contributed by atoms with E-state index in [9.17, 15) is 18.0 Å². The summed E-state index contributed by atoms with van der Waals surface area (Å²) < 4.78 is 39.5. The van der Waals surface area contributed by atoms with Crippen LogP contribution in [0.3, 0.4) is 0 Å². The number of amides is 1. The molecule has 1 aromatic carbocycles. The zero-order chi connectivity index (χ0) is 19.9. The van der Waals surface area contributed by atoms with Gasteiger partial charge in [0.15, 0.2) is 0 Å². The lowest BCUT2D eigenvalue weighted by Gasteiger charge is -2.26. The van der Waals surface area contributed by atoms with Crippen LogP contribution in [0.1, 0.15) is 16.1 Å². The second-order valence-electron chi connectivity index (χ2n) is 6.46. The highest BCUT2D eigenvalue weighted by Crippen LogP contribution is 2.39. The smallest absolute Gasteiger partial charge is 0.384 e. The lowest BCUT2D eigenvalue weighted by molar-refractivity contribution is -0.153. The molecule has 4 rings (SSSR count). The van der Waals surface area contributed by atoms with Gasteiger partial charge in [0.05, 0.1) is 16.9 Å². The number of H-pyrrole nitrogens is 1. The van der Waals surface area contributed by atoms with E-state index in [1.165, 1.54) is 6.20 Å². The highest BCUT2D eigenvalue weighted by Gasteiger charge is 2.45. The van der Waals surface area contributed by atoms with Crippen LogP contribution in [-0.4, -0.2) is 28.1 Å². The number of alkyl halides is 3. The quantitative estimate of drug-likeness (QED) is 0.552. The molecule has 3 aromatic rings. The molecule has 0 spiro atoms. The van der Waals surface area contributed by atoms with Crippen molar-refractivity contribution in [3.05, 3.63) is 59.9 Å². The lowest BCUT2D eigenvalue weighted by atomic mass is 10.00. The van der Waals surface area contributed by atoms with Crippen LogP contribution in [0.4, 0.5) is 30.4 Å². The van der Waals surface area contributed by atoms with E-state index >= 15 is 0 Å². The maximum absolute atomic E-state index is 13.2. The average Bonchev–Trinajstić information content (AvgIpc) is 3.01. The Bertz CT molecular complexity index is 1030. The molecule has 0 fully saturated rings. The minimum absolute atomic E-state index is 0.162. The van der Waals surface area contributed by atoms with Crippen molar-refractivity contribution in [1.29, 1.82) is 0 Å². The van der Waals surface area contributed by atoms with E-state index in [0.29, 0.717) is 22.6 Å². The van der Waals surface area contributed by atoms with Crippen LogP contribution >= 0.6 is 0 Å². The van der Waals surface area contributed by atoms with Gasteiger partial charge in [0.25, 0.3) is 5.91 Å². The fraction of sp³-hybridized carbons (Fsp3) is 0.158. The summed E-state index contributed by atoms with van der Waals surface area (Å²) in [6.45, 7) is 0. The molecular weight excluding hydrogens is 371 g/mol. The minimum Gasteiger partial charge on any atom is -0.384 e. The van der Waals surface area contributed by atoms with Crippen LogP contribution in [0.5, 0.6) is 0 Å². The molecule has 1 amide bonds. The summed E-state index contributed by atoms with van der Waals surface area (Å²) in [5, 5.41) is 5.20. The Labute approximate surface area is 158 Å². The van der Waals surface area contributed by atoms with E-state index in [2.05, 4.69) is 20.6 Å². The summed E-state index contributed by atoms with van der Waals surface area (Å²) >= 11 is 0. The highest BCUT2D eigenvalue weighted by molar-refractivity contribution is 6.06. The molecule has 0 radical (unpaired) electrons. The van der Waals surface area contributed by atoms with E-state index in [-0.39, 0.29) is 23.5 Å². The third-order valence-corrected chi connectivity index (χ3v) is 4.53. The van der Waals surface area contributed by atoms with Crippen molar-refractivity contribution in [2.45, 2.75) is 18.6 Å². The number of aromatic nitrogens is 2. The number of nitrogens with one attached hydrogen (secondary N) is 3. The number of halogens is 3. The predicted octanol–water partition coefficient (Wildman–Crippen LogP) is 3.62. The van der Waals surface area contributed by atoms with Crippen molar-refractivity contribution < 1.29 is 18.0 Å². The van der Waals surface area contributed by atoms with Gasteiger partial charge in [0.2, 0.25) is 0 Å². The summed E-state index contributed by atoms with van der Waals surface area (Å²) in [5.41, 5.74) is 8.30. The standard InChI is InChI=1S/C19H16F3N5O/c20-19(21,22)13-9-12-15(18(28)27-13)17(25-11-4-2-1-3-5-11)16(26-12)10-6-7-24-14(23)8-10/h1-8,13,25-26H,9H2,(H2,23,24)(H,27,28). The first kappa shape index (κ1) is 17.9. The number of aromatic amines is 1. The van der Waals surface area contributed by atoms with Crippen molar-refractivity contribution >= 4 is 23.1 Å². The van der Waals surface area contributed by atoms with Gasteiger partial charge in [0, 0.05) is 29.6 Å². The van der Waals surface area contributed by atoms with E-state index in [0.717, 1.165) is 0 Å². The monoisotopic (exact) mass is 387 g/mol. The molecule has 1 aliphatic heterocycles. The van der Waals surface area contributed by atoms with Crippen molar-refractivity contribution in [2.24, 2.45) is 0 Å². The number of benzene rings is 1. The van der Waals surface area contributed by atoms with E-state index in [4.69, 9.17) is 5.73 Å². The van der Waals surface area contributed by atoms with Crippen LogP contribution in [0.2, 0.25) is 0 Å². The van der Waals surface area contributed by atoms with Gasteiger partial charge in [-0.3, -0.25) is 4.79 Å². The molecule has 6 nitrogen and oxygen atoms in total.